The van der Waals surface area contributed by atoms with Crippen molar-refractivity contribution < 1.29 is 14.7 Å². The Hall–Kier alpha value is -1.40. The molecule has 0 aromatic carbocycles. The summed E-state index contributed by atoms with van der Waals surface area (Å²) < 4.78 is 0. The number of likely N-dealkylation sites (tertiary alicyclic amines) is 2. The molecule has 0 unspecified atom stereocenters. The average Bonchev–Trinajstić information content (AvgIpc) is 3.25. The highest BCUT2D eigenvalue weighted by atomic mass is 32.1. The van der Waals surface area contributed by atoms with Gasteiger partial charge in [0.2, 0.25) is 5.91 Å². The second-order valence-electron chi connectivity index (χ2n) is 6.09. The molecule has 6 heteroatoms. The molecule has 120 valence electrons. The van der Waals surface area contributed by atoms with Gasteiger partial charge in [-0.2, -0.15) is 0 Å². The first kappa shape index (κ1) is 15.5. The van der Waals surface area contributed by atoms with Crippen molar-refractivity contribution in [1.29, 1.82) is 0 Å². The molecular formula is C16H22N2O3S. The molecule has 22 heavy (non-hydrogen) atoms. The van der Waals surface area contributed by atoms with Crippen molar-refractivity contribution in [3.8, 4) is 0 Å². The Morgan fingerprint density at radius 2 is 2.00 bits per heavy atom. The maximum absolute atomic E-state index is 12.8. The number of piperidine rings is 1. The van der Waals surface area contributed by atoms with Gasteiger partial charge in [-0.15, -0.1) is 11.3 Å². The van der Waals surface area contributed by atoms with Crippen LogP contribution in [0.25, 0.3) is 0 Å². The zero-order valence-electron chi connectivity index (χ0n) is 12.6. The monoisotopic (exact) mass is 322 g/mol. The molecule has 2 aliphatic rings. The summed E-state index contributed by atoms with van der Waals surface area (Å²) in [6, 6.07) is 3.38. The molecule has 3 rings (SSSR count). The molecule has 5 nitrogen and oxygen atoms in total. The van der Waals surface area contributed by atoms with E-state index >= 15 is 0 Å². The molecule has 1 aromatic heterocycles. The number of rotatable bonds is 3. The van der Waals surface area contributed by atoms with Gasteiger partial charge in [-0.3, -0.25) is 9.59 Å². The summed E-state index contributed by atoms with van der Waals surface area (Å²) in [5.74, 6) is 0.381. The molecule has 2 fully saturated rings. The summed E-state index contributed by atoms with van der Waals surface area (Å²) in [6.07, 6.45) is 3.36. The first-order chi connectivity index (χ1) is 10.7. The number of thiophene rings is 1. The molecule has 1 atom stereocenters. The van der Waals surface area contributed by atoms with Crippen molar-refractivity contribution >= 4 is 23.2 Å². The minimum atomic E-state index is -0.305. The van der Waals surface area contributed by atoms with Crippen molar-refractivity contribution in [3.63, 3.8) is 0 Å². The SMILES string of the molecule is O=C([C@@H]1CCCN1C(=O)c1cccs1)N1CCC(CO)CC1. The lowest BCUT2D eigenvalue weighted by molar-refractivity contribution is -0.136. The molecular weight excluding hydrogens is 300 g/mol. The van der Waals surface area contributed by atoms with Gasteiger partial charge in [-0.05, 0) is 43.0 Å². The van der Waals surface area contributed by atoms with Gasteiger partial charge in [-0.25, -0.2) is 0 Å². The van der Waals surface area contributed by atoms with E-state index in [-0.39, 0.29) is 24.5 Å². The van der Waals surface area contributed by atoms with Crippen LogP contribution >= 0.6 is 11.3 Å². The molecule has 3 heterocycles. The third kappa shape index (κ3) is 3.03. The average molecular weight is 322 g/mol. The third-order valence-electron chi connectivity index (χ3n) is 4.72. The van der Waals surface area contributed by atoms with E-state index in [2.05, 4.69) is 0 Å². The summed E-state index contributed by atoms with van der Waals surface area (Å²) in [4.78, 5) is 29.6. The summed E-state index contributed by atoms with van der Waals surface area (Å²) in [6.45, 7) is 2.26. The Morgan fingerprint density at radius 1 is 1.23 bits per heavy atom. The summed E-state index contributed by atoms with van der Waals surface area (Å²) in [7, 11) is 0. The fraction of sp³-hybridized carbons (Fsp3) is 0.625. The molecule has 0 spiro atoms. The van der Waals surface area contributed by atoms with Crippen LogP contribution in [-0.2, 0) is 4.79 Å². The van der Waals surface area contributed by atoms with Crippen LogP contribution in [-0.4, -0.2) is 59.0 Å². The van der Waals surface area contributed by atoms with E-state index in [1.807, 2.05) is 22.4 Å². The molecule has 1 aromatic rings. The lowest BCUT2D eigenvalue weighted by Crippen LogP contribution is -2.50. The van der Waals surface area contributed by atoms with Gasteiger partial charge >= 0.3 is 0 Å². The Balaban J connectivity index is 1.65. The van der Waals surface area contributed by atoms with Gasteiger partial charge in [0.05, 0.1) is 4.88 Å². The van der Waals surface area contributed by atoms with Crippen molar-refractivity contribution in [2.24, 2.45) is 5.92 Å². The van der Waals surface area contributed by atoms with Crippen LogP contribution in [0.1, 0.15) is 35.4 Å². The Morgan fingerprint density at radius 3 is 2.64 bits per heavy atom. The van der Waals surface area contributed by atoms with E-state index in [1.165, 1.54) is 11.3 Å². The van der Waals surface area contributed by atoms with Crippen LogP contribution in [0, 0.1) is 5.92 Å². The number of hydrogen-bond acceptors (Lipinski definition) is 4. The molecule has 0 aliphatic carbocycles. The number of aliphatic hydroxyl groups is 1. The third-order valence-corrected chi connectivity index (χ3v) is 5.57. The van der Waals surface area contributed by atoms with Gasteiger partial charge < -0.3 is 14.9 Å². The van der Waals surface area contributed by atoms with Gasteiger partial charge in [0.25, 0.3) is 5.91 Å². The van der Waals surface area contributed by atoms with Crippen LogP contribution in [0.15, 0.2) is 17.5 Å². The quantitative estimate of drug-likeness (QED) is 0.919. The maximum Gasteiger partial charge on any atom is 0.264 e. The summed E-state index contributed by atoms with van der Waals surface area (Å²) >= 11 is 1.43. The largest absolute Gasteiger partial charge is 0.396 e. The van der Waals surface area contributed by atoms with E-state index in [1.54, 1.807) is 4.90 Å². The number of carbonyl (C=O) groups excluding carboxylic acids is 2. The molecule has 2 amide bonds. The molecule has 0 bridgehead atoms. The van der Waals surface area contributed by atoms with Crippen LogP contribution in [0.5, 0.6) is 0 Å². The smallest absolute Gasteiger partial charge is 0.264 e. The Bertz CT molecular complexity index is 524. The van der Waals surface area contributed by atoms with E-state index in [9.17, 15) is 14.7 Å². The minimum Gasteiger partial charge on any atom is -0.396 e. The molecule has 2 aliphatic heterocycles. The fourth-order valence-electron chi connectivity index (χ4n) is 3.35. The van der Waals surface area contributed by atoms with Crippen molar-refractivity contribution in [1.82, 2.24) is 9.80 Å². The molecule has 0 saturated carbocycles. The number of aliphatic hydroxyl groups excluding tert-OH is 1. The minimum absolute atomic E-state index is 0.0175. The van der Waals surface area contributed by atoms with Crippen molar-refractivity contribution in [3.05, 3.63) is 22.4 Å². The Kier molecular flexibility index (Phi) is 4.78. The summed E-state index contributed by atoms with van der Waals surface area (Å²) in [5.41, 5.74) is 0. The van der Waals surface area contributed by atoms with Crippen LogP contribution < -0.4 is 0 Å². The zero-order valence-corrected chi connectivity index (χ0v) is 13.4. The lowest BCUT2D eigenvalue weighted by atomic mass is 9.97. The van der Waals surface area contributed by atoms with Crippen LogP contribution in [0.3, 0.4) is 0 Å². The number of carbonyl (C=O) groups is 2. The summed E-state index contributed by atoms with van der Waals surface area (Å²) in [5, 5.41) is 11.1. The highest BCUT2D eigenvalue weighted by Gasteiger charge is 2.37. The van der Waals surface area contributed by atoms with Gasteiger partial charge in [0.1, 0.15) is 6.04 Å². The second-order valence-corrected chi connectivity index (χ2v) is 7.03. The maximum atomic E-state index is 12.8. The molecule has 0 radical (unpaired) electrons. The topological polar surface area (TPSA) is 60.9 Å². The Labute approximate surface area is 134 Å². The second kappa shape index (κ2) is 6.79. The van der Waals surface area contributed by atoms with Gasteiger partial charge in [0.15, 0.2) is 0 Å². The highest BCUT2D eigenvalue weighted by Crippen LogP contribution is 2.25. The van der Waals surface area contributed by atoms with E-state index < -0.39 is 0 Å². The van der Waals surface area contributed by atoms with Crippen LogP contribution in [0.4, 0.5) is 0 Å². The van der Waals surface area contributed by atoms with E-state index in [0.717, 1.165) is 25.7 Å². The zero-order chi connectivity index (χ0) is 15.5. The van der Waals surface area contributed by atoms with Crippen LogP contribution in [0.2, 0.25) is 0 Å². The van der Waals surface area contributed by atoms with Crippen molar-refractivity contribution in [2.75, 3.05) is 26.2 Å². The molecule has 1 N–H and O–H groups in total. The van der Waals surface area contributed by atoms with Crippen molar-refractivity contribution in [2.45, 2.75) is 31.7 Å². The lowest BCUT2D eigenvalue weighted by Gasteiger charge is -2.35. The van der Waals surface area contributed by atoms with E-state index in [4.69, 9.17) is 0 Å². The molecule has 2 saturated heterocycles. The number of amides is 2. The standard InChI is InChI=1S/C16H22N2O3S/c19-11-12-5-8-17(9-6-12)15(20)13-3-1-7-18(13)16(21)14-4-2-10-22-14/h2,4,10,12-13,19H,1,3,5-9,11H2/t13-/m0/s1. The normalized spacial score (nSPS) is 23.0. The first-order valence-corrected chi connectivity index (χ1v) is 8.83. The fourth-order valence-corrected chi connectivity index (χ4v) is 4.03. The number of hydrogen-bond donors (Lipinski definition) is 1. The van der Waals surface area contributed by atoms with Gasteiger partial charge in [-0.1, -0.05) is 6.07 Å². The highest BCUT2D eigenvalue weighted by molar-refractivity contribution is 7.12. The predicted octanol–water partition coefficient (Wildman–Crippen LogP) is 1.58. The van der Waals surface area contributed by atoms with E-state index in [0.29, 0.717) is 30.4 Å². The first-order valence-electron chi connectivity index (χ1n) is 7.95. The number of nitrogens with zero attached hydrogens (tertiary/aromatic N) is 2. The predicted molar refractivity (Wildman–Crippen MR) is 84.8 cm³/mol. The van der Waals surface area contributed by atoms with Gasteiger partial charge in [0, 0.05) is 26.2 Å².